The summed E-state index contributed by atoms with van der Waals surface area (Å²) in [7, 11) is 0. The van der Waals surface area contributed by atoms with Crippen LogP contribution in [0.1, 0.15) is 6.42 Å². The number of aromatic nitrogens is 2. The van der Waals surface area contributed by atoms with Crippen molar-refractivity contribution in [2.75, 3.05) is 13.1 Å². The van der Waals surface area contributed by atoms with Gasteiger partial charge in [-0.2, -0.15) is 5.10 Å². The van der Waals surface area contributed by atoms with Crippen LogP contribution in [-0.2, 0) is 11.3 Å². The van der Waals surface area contributed by atoms with Crippen molar-refractivity contribution >= 4 is 16.7 Å². The molecule has 1 atom stereocenters. The van der Waals surface area contributed by atoms with Gasteiger partial charge in [0.15, 0.2) is 0 Å². The summed E-state index contributed by atoms with van der Waals surface area (Å²) in [6, 6.07) is 7.25. The van der Waals surface area contributed by atoms with Crippen molar-refractivity contribution in [3.8, 4) is 0 Å². The van der Waals surface area contributed by atoms with Crippen LogP contribution in [0, 0.1) is 0 Å². The first kappa shape index (κ1) is 12.8. The van der Waals surface area contributed by atoms with Gasteiger partial charge in [-0.3, -0.25) is 9.59 Å². The van der Waals surface area contributed by atoms with Crippen molar-refractivity contribution in [2.24, 2.45) is 5.73 Å². The summed E-state index contributed by atoms with van der Waals surface area (Å²) < 4.78 is 1.40. The molecular weight excluding hydrogens is 256 g/mol. The van der Waals surface area contributed by atoms with Gasteiger partial charge >= 0.3 is 0 Å². The fourth-order valence-corrected chi connectivity index (χ4v) is 2.52. The maximum Gasteiger partial charge on any atom is 0.274 e. The molecule has 6 heteroatoms. The second-order valence-corrected chi connectivity index (χ2v) is 5.06. The Morgan fingerprint density at radius 1 is 1.25 bits per heavy atom. The topological polar surface area (TPSA) is 81.2 Å². The predicted molar refractivity (Wildman–Crippen MR) is 75.2 cm³/mol. The number of rotatable bonds is 3. The number of carbonyl (C=O) groups excluding carboxylic acids is 1. The number of nitrogens with two attached hydrogens (primary N) is 1. The first-order chi connectivity index (χ1) is 9.65. The van der Waals surface area contributed by atoms with Crippen molar-refractivity contribution in [1.82, 2.24) is 14.7 Å². The van der Waals surface area contributed by atoms with Gasteiger partial charge in [0, 0.05) is 30.9 Å². The lowest BCUT2D eigenvalue weighted by Crippen LogP contribution is -2.34. The minimum atomic E-state index is -0.126. The standard InChI is InChI=1S/C14H16N4O2/c15-11-7-13(19)17(9-11)5-6-18-14(20)12-4-2-1-3-10(12)8-16-18/h1-4,8,11H,5-7,9,15H2. The summed E-state index contributed by atoms with van der Waals surface area (Å²) in [5.74, 6) is 0.0475. The van der Waals surface area contributed by atoms with Crippen molar-refractivity contribution in [2.45, 2.75) is 19.0 Å². The van der Waals surface area contributed by atoms with Gasteiger partial charge in [-0.05, 0) is 6.07 Å². The Morgan fingerprint density at radius 3 is 2.80 bits per heavy atom. The Balaban J connectivity index is 1.80. The molecule has 6 nitrogen and oxygen atoms in total. The van der Waals surface area contributed by atoms with E-state index in [0.29, 0.717) is 31.4 Å². The molecule has 0 bridgehead atoms. The highest BCUT2D eigenvalue weighted by molar-refractivity contribution is 5.80. The van der Waals surface area contributed by atoms with Gasteiger partial charge in [0.2, 0.25) is 5.91 Å². The molecule has 1 aliphatic rings. The Hall–Kier alpha value is -2.21. The monoisotopic (exact) mass is 272 g/mol. The summed E-state index contributed by atoms with van der Waals surface area (Å²) >= 11 is 0. The Labute approximate surface area is 115 Å². The number of carbonyl (C=O) groups is 1. The Bertz CT molecular complexity index is 710. The lowest BCUT2D eigenvalue weighted by molar-refractivity contribution is -0.127. The van der Waals surface area contributed by atoms with Crippen LogP contribution >= 0.6 is 0 Å². The highest BCUT2D eigenvalue weighted by atomic mass is 16.2. The van der Waals surface area contributed by atoms with E-state index in [9.17, 15) is 9.59 Å². The molecule has 1 aromatic carbocycles. The maximum atomic E-state index is 12.3. The number of hydrogen-bond acceptors (Lipinski definition) is 4. The van der Waals surface area contributed by atoms with Crippen LogP contribution in [0.2, 0.25) is 0 Å². The van der Waals surface area contributed by atoms with E-state index < -0.39 is 0 Å². The van der Waals surface area contributed by atoms with Crippen molar-refractivity contribution in [1.29, 1.82) is 0 Å². The molecule has 0 spiro atoms. The minimum absolute atomic E-state index is 0.0475. The second kappa shape index (κ2) is 5.05. The molecule has 1 amide bonds. The zero-order chi connectivity index (χ0) is 14.1. The second-order valence-electron chi connectivity index (χ2n) is 5.06. The lowest BCUT2D eigenvalue weighted by atomic mass is 10.2. The molecule has 2 aromatic rings. The minimum Gasteiger partial charge on any atom is -0.339 e. The number of amides is 1. The van der Waals surface area contributed by atoms with E-state index in [2.05, 4.69) is 5.10 Å². The third-order valence-corrected chi connectivity index (χ3v) is 3.59. The number of nitrogens with zero attached hydrogens (tertiary/aromatic N) is 3. The molecule has 2 heterocycles. The van der Waals surface area contributed by atoms with E-state index in [4.69, 9.17) is 5.73 Å². The molecular formula is C14H16N4O2. The van der Waals surface area contributed by atoms with E-state index in [1.807, 2.05) is 18.2 Å². The van der Waals surface area contributed by atoms with Crippen molar-refractivity contribution in [3.05, 3.63) is 40.8 Å². The van der Waals surface area contributed by atoms with Crippen LogP contribution in [0.25, 0.3) is 10.8 Å². The zero-order valence-electron chi connectivity index (χ0n) is 11.0. The van der Waals surface area contributed by atoms with E-state index >= 15 is 0 Å². The van der Waals surface area contributed by atoms with E-state index in [0.717, 1.165) is 5.39 Å². The van der Waals surface area contributed by atoms with Crippen LogP contribution in [-0.4, -0.2) is 39.7 Å². The van der Waals surface area contributed by atoms with Crippen LogP contribution < -0.4 is 11.3 Å². The summed E-state index contributed by atoms with van der Waals surface area (Å²) in [6.07, 6.45) is 2.06. The average molecular weight is 272 g/mol. The van der Waals surface area contributed by atoms with Crippen LogP contribution in [0.5, 0.6) is 0 Å². The highest BCUT2D eigenvalue weighted by Gasteiger charge is 2.26. The van der Waals surface area contributed by atoms with Crippen molar-refractivity contribution in [3.63, 3.8) is 0 Å². The molecule has 0 radical (unpaired) electrons. The van der Waals surface area contributed by atoms with E-state index in [1.54, 1.807) is 17.2 Å². The summed E-state index contributed by atoms with van der Waals surface area (Å²) in [4.78, 5) is 25.6. The number of benzene rings is 1. The van der Waals surface area contributed by atoms with E-state index in [1.165, 1.54) is 4.68 Å². The molecule has 1 unspecified atom stereocenters. The van der Waals surface area contributed by atoms with Gasteiger partial charge < -0.3 is 10.6 Å². The Kier molecular flexibility index (Phi) is 3.23. The molecule has 20 heavy (non-hydrogen) atoms. The number of likely N-dealkylation sites (tertiary alicyclic amines) is 1. The van der Waals surface area contributed by atoms with Gasteiger partial charge in [-0.1, -0.05) is 18.2 Å². The Morgan fingerprint density at radius 2 is 2.05 bits per heavy atom. The van der Waals surface area contributed by atoms with Gasteiger partial charge in [-0.25, -0.2) is 4.68 Å². The molecule has 1 aliphatic heterocycles. The number of hydrogen-bond donors (Lipinski definition) is 1. The largest absolute Gasteiger partial charge is 0.339 e. The van der Waals surface area contributed by atoms with Gasteiger partial charge in [0.25, 0.3) is 5.56 Å². The van der Waals surface area contributed by atoms with Gasteiger partial charge in [0.1, 0.15) is 0 Å². The molecule has 104 valence electrons. The predicted octanol–water partition coefficient (Wildman–Crippen LogP) is -0.0439. The molecule has 3 rings (SSSR count). The first-order valence-electron chi connectivity index (χ1n) is 6.63. The highest BCUT2D eigenvalue weighted by Crippen LogP contribution is 2.09. The van der Waals surface area contributed by atoms with E-state index in [-0.39, 0.29) is 17.5 Å². The third-order valence-electron chi connectivity index (χ3n) is 3.59. The molecule has 0 saturated carbocycles. The molecule has 0 aliphatic carbocycles. The fraction of sp³-hybridized carbons (Fsp3) is 0.357. The summed E-state index contributed by atoms with van der Waals surface area (Å²) in [6.45, 7) is 1.42. The summed E-state index contributed by atoms with van der Waals surface area (Å²) in [5, 5.41) is 5.62. The zero-order valence-corrected chi connectivity index (χ0v) is 11.0. The first-order valence-corrected chi connectivity index (χ1v) is 6.63. The third kappa shape index (κ3) is 2.30. The maximum absolute atomic E-state index is 12.3. The van der Waals surface area contributed by atoms with Crippen LogP contribution in [0.3, 0.4) is 0 Å². The lowest BCUT2D eigenvalue weighted by Gasteiger charge is -2.16. The fourth-order valence-electron chi connectivity index (χ4n) is 2.52. The smallest absolute Gasteiger partial charge is 0.274 e. The van der Waals surface area contributed by atoms with Crippen LogP contribution in [0.15, 0.2) is 35.3 Å². The van der Waals surface area contributed by atoms with Crippen LogP contribution in [0.4, 0.5) is 0 Å². The SMILES string of the molecule is NC1CC(=O)N(CCn2ncc3ccccc3c2=O)C1. The summed E-state index contributed by atoms with van der Waals surface area (Å²) in [5.41, 5.74) is 5.62. The van der Waals surface area contributed by atoms with Crippen molar-refractivity contribution < 1.29 is 4.79 Å². The molecule has 1 saturated heterocycles. The number of fused-ring (bicyclic) bond motifs is 1. The normalized spacial score (nSPS) is 18.9. The average Bonchev–Trinajstić information content (AvgIpc) is 2.77. The van der Waals surface area contributed by atoms with Gasteiger partial charge in [-0.15, -0.1) is 0 Å². The van der Waals surface area contributed by atoms with Gasteiger partial charge in [0.05, 0.1) is 18.1 Å². The quantitative estimate of drug-likeness (QED) is 0.850. The molecule has 1 aromatic heterocycles. The molecule has 2 N–H and O–H groups in total. The molecule has 1 fully saturated rings.